The Morgan fingerprint density at radius 2 is 1.89 bits per heavy atom. The fraction of sp³-hybridized carbons (Fsp3) is 0.533. The van der Waals surface area contributed by atoms with Gasteiger partial charge in [0.1, 0.15) is 12.0 Å². The molecule has 1 atom stereocenters. The molecule has 0 aliphatic heterocycles. The van der Waals surface area contributed by atoms with Crippen molar-refractivity contribution in [3.63, 3.8) is 0 Å². The topological polar surface area (TPSA) is 49.3 Å². The van der Waals surface area contributed by atoms with Crippen molar-refractivity contribution < 1.29 is 9.90 Å². The predicted molar refractivity (Wildman–Crippen MR) is 71.7 cm³/mol. The molecule has 0 aromatic heterocycles. The van der Waals surface area contributed by atoms with Gasteiger partial charge in [0, 0.05) is 6.04 Å². The first kappa shape index (κ1) is 13.1. The maximum atomic E-state index is 11.1. The Kier molecular flexibility index (Phi) is 4.76. The highest BCUT2D eigenvalue weighted by Crippen LogP contribution is 2.18. The van der Waals surface area contributed by atoms with Gasteiger partial charge in [-0.25, -0.2) is 0 Å². The fourth-order valence-electron chi connectivity index (χ4n) is 2.60. The minimum Gasteiger partial charge on any atom is -0.508 e. The summed E-state index contributed by atoms with van der Waals surface area (Å²) >= 11 is 0. The number of phenolic OH excluding ortho intramolecular Hbond substituents is 1. The van der Waals surface area contributed by atoms with Gasteiger partial charge in [-0.1, -0.05) is 31.4 Å². The standard InChI is InChI=1S/C15H21NO2/c17-11-14(16-13-4-2-1-3-5-13)10-12-6-8-15(18)9-7-12/h6-9,11,13-14,16,18H,1-5,10H2. The highest BCUT2D eigenvalue weighted by Gasteiger charge is 2.17. The lowest BCUT2D eigenvalue weighted by molar-refractivity contribution is -0.109. The molecule has 1 saturated carbocycles. The van der Waals surface area contributed by atoms with Crippen molar-refractivity contribution >= 4 is 6.29 Å². The second kappa shape index (κ2) is 6.55. The van der Waals surface area contributed by atoms with Crippen LogP contribution in [0.2, 0.25) is 0 Å². The first-order chi connectivity index (χ1) is 8.78. The minimum absolute atomic E-state index is 0.113. The van der Waals surface area contributed by atoms with E-state index >= 15 is 0 Å². The van der Waals surface area contributed by atoms with Crippen molar-refractivity contribution in [2.75, 3.05) is 0 Å². The van der Waals surface area contributed by atoms with Crippen LogP contribution in [-0.2, 0) is 11.2 Å². The van der Waals surface area contributed by atoms with Crippen LogP contribution in [0.4, 0.5) is 0 Å². The molecule has 1 fully saturated rings. The van der Waals surface area contributed by atoms with Gasteiger partial charge in [-0.15, -0.1) is 0 Å². The van der Waals surface area contributed by atoms with Crippen LogP contribution in [0.3, 0.4) is 0 Å². The van der Waals surface area contributed by atoms with Crippen LogP contribution in [-0.4, -0.2) is 23.5 Å². The Bertz CT molecular complexity index is 369. The van der Waals surface area contributed by atoms with Crippen molar-refractivity contribution in [2.24, 2.45) is 0 Å². The van der Waals surface area contributed by atoms with Crippen LogP contribution in [0.15, 0.2) is 24.3 Å². The van der Waals surface area contributed by atoms with E-state index in [1.165, 1.54) is 32.1 Å². The quantitative estimate of drug-likeness (QED) is 0.786. The molecule has 0 amide bonds. The number of rotatable bonds is 5. The SMILES string of the molecule is O=CC(Cc1ccc(O)cc1)NC1CCCCC1. The van der Waals surface area contributed by atoms with Gasteiger partial charge in [-0.05, 0) is 37.0 Å². The number of carbonyl (C=O) groups excluding carboxylic acids is 1. The summed E-state index contributed by atoms with van der Waals surface area (Å²) < 4.78 is 0. The lowest BCUT2D eigenvalue weighted by Gasteiger charge is -2.26. The predicted octanol–water partition coefficient (Wildman–Crippen LogP) is 2.42. The molecule has 1 aromatic carbocycles. The minimum atomic E-state index is -0.113. The van der Waals surface area contributed by atoms with Gasteiger partial charge in [0.05, 0.1) is 6.04 Å². The lowest BCUT2D eigenvalue weighted by Crippen LogP contribution is -2.41. The van der Waals surface area contributed by atoms with Crippen LogP contribution < -0.4 is 5.32 Å². The van der Waals surface area contributed by atoms with Gasteiger partial charge >= 0.3 is 0 Å². The monoisotopic (exact) mass is 247 g/mol. The van der Waals surface area contributed by atoms with Crippen LogP contribution in [0, 0.1) is 0 Å². The zero-order valence-corrected chi connectivity index (χ0v) is 10.6. The molecule has 0 bridgehead atoms. The number of nitrogens with one attached hydrogen (secondary N) is 1. The van der Waals surface area contributed by atoms with Crippen molar-refractivity contribution in [1.29, 1.82) is 0 Å². The number of hydrogen-bond acceptors (Lipinski definition) is 3. The number of benzene rings is 1. The van der Waals surface area contributed by atoms with Gasteiger partial charge in [-0.2, -0.15) is 0 Å². The van der Waals surface area contributed by atoms with E-state index in [1.54, 1.807) is 12.1 Å². The molecule has 18 heavy (non-hydrogen) atoms. The first-order valence-electron chi connectivity index (χ1n) is 6.77. The van der Waals surface area contributed by atoms with E-state index in [1.807, 2.05) is 12.1 Å². The van der Waals surface area contributed by atoms with E-state index in [4.69, 9.17) is 0 Å². The Morgan fingerprint density at radius 1 is 1.22 bits per heavy atom. The second-order valence-corrected chi connectivity index (χ2v) is 5.11. The molecule has 2 rings (SSSR count). The van der Waals surface area contributed by atoms with Crippen LogP contribution in [0.1, 0.15) is 37.7 Å². The maximum Gasteiger partial charge on any atom is 0.137 e. The molecular weight excluding hydrogens is 226 g/mol. The summed E-state index contributed by atoms with van der Waals surface area (Å²) in [6.07, 6.45) is 7.91. The third-order valence-electron chi connectivity index (χ3n) is 3.61. The zero-order chi connectivity index (χ0) is 12.8. The summed E-state index contributed by atoms with van der Waals surface area (Å²) in [5, 5.41) is 12.7. The summed E-state index contributed by atoms with van der Waals surface area (Å²) in [4.78, 5) is 11.1. The first-order valence-corrected chi connectivity index (χ1v) is 6.77. The van der Waals surface area contributed by atoms with Crippen LogP contribution in [0.25, 0.3) is 0 Å². The second-order valence-electron chi connectivity index (χ2n) is 5.11. The summed E-state index contributed by atoms with van der Waals surface area (Å²) in [7, 11) is 0. The smallest absolute Gasteiger partial charge is 0.137 e. The molecule has 3 heteroatoms. The highest BCUT2D eigenvalue weighted by molar-refractivity contribution is 5.58. The lowest BCUT2D eigenvalue weighted by atomic mass is 9.94. The van der Waals surface area contributed by atoms with Crippen LogP contribution in [0.5, 0.6) is 5.75 Å². The van der Waals surface area contributed by atoms with E-state index in [0.717, 1.165) is 11.8 Å². The molecule has 0 saturated heterocycles. The molecule has 1 unspecified atom stereocenters. The van der Waals surface area contributed by atoms with Gasteiger partial charge in [0.15, 0.2) is 0 Å². The molecule has 1 aliphatic carbocycles. The van der Waals surface area contributed by atoms with Gasteiger partial charge in [0.2, 0.25) is 0 Å². The molecule has 3 nitrogen and oxygen atoms in total. The molecule has 1 aliphatic rings. The molecule has 0 spiro atoms. The van der Waals surface area contributed by atoms with Gasteiger partial charge in [0.25, 0.3) is 0 Å². The van der Waals surface area contributed by atoms with E-state index in [0.29, 0.717) is 12.5 Å². The summed E-state index contributed by atoms with van der Waals surface area (Å²) in [6.45, 7) is 0. The third kappa shape index (κ3) is 3.84. The normalized spacial score (nSPS) is 18.4. The Morgan fingerprint density at radius 3 is 2.50 bits per heavy atom. The van der Waals surface area contributed by atoms with E-state index in [9.17, 15) is 9.90 Å². The van der Waals surface area contributed by atoms with E-state index < -0.39 is 0 Å². The van der Waals surface area contributed by atoms with Crippen molar-refractivity contribution in [1.82, 2.24) is 5.32 Å². The molecule has 0 heterocycles. The average molecular weight is 247 g/mol. The van der Waals surface area contributed by atoms with Crippen molar-refractivity contribution in [2.45, 2.75) is 50.6 Å². The highest BCUT2D eigenvalue weighted by atomic mass is 16.3. The molecule has 1 aromatic rings. The number of aromatic hydroxyl groups is 1. The average Bonchev–Trinajstić information content (AvgIpc) is 2.41. The van der Waals surface area contributed by atoms with Gasteiger partial charge in [-0.3, -0.25) is 0 Å². The Labute approximate surface area is 108 Å². The molecule has 98 valence electrons. The largest absolute Gasteiger partial charge is 0.508 e. The van der Waals surface area contributed by atoms with E-state index in [-0.39, 0.29) is 11.8 Å². The Hall–Kier alpha value is -1.35. The van der Waals surface area contributed by atoms with E-state index in [2.05, 4.69) is 5.32 Å². The summed E-state index contributed by atoms with van der Waals surface area (Å²) in [5.41, 5.74) is 1.08. The third-order valence-corrected chi connectivity index (χ3v) is 3.61. The molecule has 0 radical (unpaired) electrons. The van der Waals surface area contributed by atoms with Crippen molar-refractivity contribution in [3.8, 4) is 5.75 Å². The summed E-state index contributed by atoms with van der Waals surface area (Å²) in [5.74, 6) is 0.265. The molecule has 2 N–H and O–H groups in total. The number of carbonyl (C=O) groups is 1. The van der Waals surface area contributed by atoms with Crippen LogP contribution >= 0.6 is 0 Å². The zero-order valence-electron chi connectivity index (χ0n) is 10.6. The fourth-order valence-corrected chi connectivity index (χ4v) is 2.60. The number of hydrogen-bond donors (Lipinski definition) is 2. The number of phenols is 1. The molecular formula is C15H21NO2. The number of aldehydes is 1. The Balaban J connectivity index is 1.88. The van der Waals surface area contributed by atoms with Crippen molar-refractivity contribution in [3.05, 3.63) is 29.8 Å². The summed E-state index contributed by atoms with van der Waals surface area (Å²) in [6, 6.07) is 7.45. The maximum absolute atomic E-state index is 11.1. The van der Waals surface area contributed by atoms with Gasteiger partial charge < -0.3 is 15.2 Å².